The molecule has 1 aromatic rings. The van der Waals surface area contributed by atoms with Crippen molar-refractivity contribution < 1.29 is 13.2 Å². The van der Waals surface area contributed by atoms with Crippen LogP contribution in [0, 0.1) is 0 Å². The molecule has 21 heavy (non-hydrogen) atoms. The summed E-state index contributed by atoms with van der Waals surface area (Å²) in [5, 5.41) is 0. The lowest BCUT2D eigenvalue weighted by Gasteiger charge is -2.16. The first kappa shape index (κ1) is 16.1. The van der Waals surface area contributed by atoms with Crippen molar-refractivity contribution >= 4 is 15.7 Å². The average Bonchev–Trinajstić information content (AvgIpc) is 2.66. The van der Waals surface area contributed by atoms with E-state index >= 15 is 0 Å². The van der Waals surface area contributed by atoms with Crippen molar-refractivity contribution in [3.63, 3.8) is 0 Å². The van der Waals surface area contributed by atoms with Gasteiger partial charge < -0.3 is 10.5 Å². The Hall–Kier alpha value is -1.27. The second-order valence-electron chi connectivity index (χ2n) is 5.55. The number of benzene rings is 1. The Labute approximate surface area is 126 Å². The van der Waals surface area contributed by atoms with Crippen LogP contribution in [0.15, 0.2) is 24.3 Å². The molecule has 1 fully saturated rings. The van der Waals surface area contributed by atoms with E-state index in [0.29, 0.717) is 11.4 Å². The normalized spacial score (nSPS) is 17.3. The van der Waals surface area contributed by atoms with Crippen LogP contribution < -0.4 is 15.2 Å². The first-order valence-corrected chi connectivity index (χ1v) is 9.19. The number of hydrogen-bond acceptors (Lipinski definition) is 4. The van der Waals surface area contributed by atoms with E-state index in [2.05, 4.69) is 4.72 Å². The Kier molecular flexibility index (Phi) is 5.87. The molecular weight excluding hydrogens is 288 g/mol. The third-order valence-electron chi connectivity index (χ3n) is 3.68. The van der Waals surface area contributed by atoms with Crippen molar-refractivity contribution in [1.29, 1.82) is 0 Å². The molecule has 1 saturated carbocycles. The maximum absolute atomic E-state index is 12.1. The van der Waals surface area contributed by atoms with Gasteiger partial charge in [0.25, 0.3) is 0 Å². The SMILES string of the molecule is Nc1cccc(OCCS(=O)(=O)NC2CCCCCC2)c1. The van der Waals surface area contributed by atoms with Gasteiger partial charge in [-0.2, -0.15) is 0 Å². The first-order valence-electron chi connectivity index (χ1n) is 7.53. The van der Waals surface area contributed by atoms with Crippen LogP contribution in [0.25, 0.3) is 0 Å². The minimum Gasteiger partial charge on any atom is -0.492 e. The summed E-state index contributed by atoms with van der Waals surface area (Å²) in [6.45, 7) is 0.130. The first-order chi connectivity index (χ1) is 10.1. The lowest BCUT2D eigenvalue weighted by Crippen LogP contribution is -2.37. The fourth-order valence-corrected chi connectivity index (χ4v) is 3.75. The van der Waals surface area contributed by atoms with Gasteiger partial charge in [0.2, 0.25) is 10.0 Å². The predicted octanol–water partition coefficient (Wildman–Crippen LogP) is 2.29. The number of nitrogens with two attached hydrogens (primary N) is 1. The Balaban J connectivity index is 1.78. The summed E-state index contributed by atoms with van der Waals surface area (Å²) < 4.78 is 32.3. The highest BCUT2D eigenvalue weighted by Crippen LogP contribution is 2.18. The smallest absolute Gasteiger partial charge is 0.215 e. The summed E-state index contributed by atoms with van der Waals surface area (Å²) in [4.78, 5) is 0. The second-order valence-corrected chi connectivity index (χ2v) is 7.42. The van der Waals surface area contributed by atoms with E-state index in [4.69, 9.17) is 10.5 Å². The van der Waals surface area contributed by atoms with Crippen LogP contribution in [0.2, 0.25) is 0 Å². The molecule has 6 heteroatoms. The highest BCUT2D eigenvalue weighted by atomic mass is 32.2. The van der Waals surface area contributed by atoms with Gasteiger partial charge in [-0.3, -0.25) is 0 Å². The molecule has 0 bridgehead atoms. The zero-order valence-corrected chi connectivity index (χ0v) is 13.1. The number of sulfonamides is 1. The molecule has 0 radical (unpaired) electrons. The van der Waals surface area contributed by atoms with Gasteiger partial charge in [-0.05, 0) is 25.0 Å². The lowest BCUT2D eigenvalue weighted by molar-refractivity contribution is 0.340. The van der Waals surface area contributed by atoms with Crippen molar-refractivity contribution in [3.8, 4) is 5.75 Å². The van der Waals surface area contributed by atoms with E-state index in [1.54, 1.807) is 24.3 Å². The summed E-state index contributed by atoms with van der Waals surface area (Å²) in [5.74, 6) is 0.567. The minimum atomic E-state index is -3.28. The number of anilines is 1. The number of rotatable bonds is 6. The van der Waals surface area contributed by atoms with Crippen LogP contribution in [-0.2, 0) is 10.0 Å². The molecule has 2 rings (SSSR count). The highest BCUT2D eigenvalue weighted by molar-refractivity contribution is 7.89. The third-order valence-corrected chi connectivity index (χ3v) is 5.08. The summed E-state index contributed by atoms with van der Waals surface area (Å²) in [5.41, 5.74) is 6.25. The van der Waals surface area contributed by atoms with Gasteiger partial charge >= 0.3 is 0 Å². The summed E-state index contributed by atoms with van der Waals surface area (Å²) in [7, 11) is -3.28. The van der Waals surface area contributed by atoms with Crippen LogP contribution in [0.1, 0.15) is 38.5 Å². The molecule has 0 heterocycles. The Morgan fingerprint density at radius 3 is 2.57 bits per heavy atom. The topological polar surface area (TPSA) is 81.4 Å². The van der Waals surface area contributed by atoms with Gasteiger partial charge in [0.1, 0.15) is 12.4 Å². The lowest BCUT2D eigenvalue weighted by atomic mass is 10.1. The Morgan fingerprint density at radius 1 is 1.19 bits per heavy atom. The van der Waals surface area contributed by atoms with Crippen molar-refractivity contribution in [2.24, 2.45) is 0 Å². The molecule has 118 valence electrons. The van der Waals surface area contributed by atoms with Crippen LogP contribution >= 0.6 is 0 Å². The van der Waals surface area contributed by atoms with Crippen molar-refractivity contribution in [1.82, 2.24) is 4.72 Å². The van der Waals surface area contributed by atoms with Crippen LogP contribution in [0.4, 0.5) is 5.69 Å². The van der Waals surface area contributed by atoms with Gasteiger partial charge in [-0.15, -0.1) is 0 Å². The standard InChI is InChI=1S/C15H24N2O3S/c16-13-6-5-9-15(12-13)20-10-11-21(18,19)17-14-7-3-1-2-4-8-14/h5-6,9,12,14,17H,1-4,7-8,10-11,16H2. The number of ether oxygens (including phenoxy) is 1. The van der Waals surface area contributed by atoms with E-state index < -0.39 is 10.0 Å². The zero-order chi connectivity index (χ0) is 15.1. The monoisotopic (exact) mass is 312 g/mol. The largest absolute Gasteiger partial charge is 0.492 e. The van der Waals surface area contributed by atoms with E-state index in [1.807, 2.05) is 0 Å². The quantitative estimate of drug-likeness (QED) is 0.624. The molecule has 0 saturated heterocycles. The number of nitrogens with one attached hydrogen (secondary N) is 1. The molecular formula is C15H24N2O3S. The highest BCUT2D eigenvalue weighted by Gasteiger charge is 2.19. The molecule has 1 aliphatic rings. The predicted molar refractivity (Wildman–Crippen MR) is 84.8 cm³/mol. The van der Waals surface area contributed by atoms with Crippen molar-refractivity contribution in [2.45, 2.75) is 44.6 Å². The van der Waals surface area contributed by atoms with Crippen molar-refractivity contribution in [3.05, 3.63) is 24.3 Å². The Morgan fingerprint density at radius 2 is 1.90 bits per heavy atom. The molecule has 1 aliphatic carbocycles. The molecule has 1 aromatic carbocycles. The molecule has 0 amide bonds. The maximum Gasteiger partial charge on any atom is 0.215 e. The summed E-state index contributed by atoms with van der Waals surface area (Å²) in [6, 6.07) is 7.08. The number of nitrogen functional groups attached to an aromatic ring is 1. The third kappa shape index (κ3) is 5.93. The fraction of sp³-hybridized carbons (Fsp3) is 0.600. The average molecular weight is 312 g/mol. The van der Waals surface area contributed by atoms with Gasteiger partial charge in [-0.1, -0.05) is 31.7 Å². The summed E-state index contributed by atoms with van der Waals surface area (Å²) in [6.07, 6.45) is 6.50. The molecule has 5 nitrogen and oxygen atoms in total. The van der Waals surface area contributed by atoms with Gasteiger partial charge in [0.05, 0.1) is 5.75 Å². The van der Waals surface area contributed by atoms with E-state index in [-0.39, 0.29) is 18.4 Å². The molecule has 0 atom stereocenters. The molecule has 0 aromatic heterocycles. The molecule has 3 N–H and O–H groups in total. The van der Waals surface area contributed by atoms with Crippen LogP contribution in [-0.4, -0.2) is 26.8 Å². The summed E-state index contributed by atoms with van der Waals surface area (Å²) >= 11 is 0. The molecule has 0 spiro atoms. The van der Waals surface area contributed by atoms with E-state index in [9.17, 15) is 8.42 Å². The van der Waals surface area contributed by atoms with Crippen molar-refractivity contribution in [2.75, 3.05) is 18.1 Å². The number of hydrogen-bond donors (Lipinski definition) is 2. The van der Waals surface area contributed by atoms with Crippen LogP contribution in [0.3, 0.4) is 0 Å². The van der Waals surface area contributed by atoms with Gasteiger partial charge in [-0.25, -0.2) is 13.1 Å². The van der Waals surface area contributed by atoms with Crippen LogP contribution in [0.5, 0.6) is 5.75 Å². The maximum atomic E-state index is 12.1. The molecule has 0 aliphatic heterocycles. The van der Waals surface area contributed by atoms with E-state index in [1.165, 1.54) is 12.8 Å². The van der Waals surface area contributed by atoms with Gasteiger partial charge in [0.15, 0.2) is 0 Å². The van der Waals surface area contributed by atoms with Gasteiger partial charge in [0, 0.05) is 17.8 Å². The van der Waals surface area contributed by atoms with E-state index in [0.717, 1.165) is 25.7 Å². The minimum absolute atomic E-state index is 0.0295. The Bertz CT molecular complexity index is 538. The zero-order valence-electron chi connectivity index (χ0n) is 12.3. The fourth-order valence-electron chi connectivity index (χ4n) is 2.58. The second kappa shape index (κ2) is 7.66. The molecule has 0 unspecified atom stereocenters.